The maximum absolute atomic E-state index is 13.2. The van der Waals surface area contributed by atoms with E-state index < -0.39 is 0 Å². The fourth-order valence-corrected chi connectivity index (χ4v) is 1.90. The Balaban J connectivity index is 2.10. The molecule has 0 fully saturated rings. The van der Waals surface area contributed by atoms with Gasteiger partial charge in [0.15, 0.2) is 0 Å². The molecule has 0 saturated carbocycles. The van der Waals surface area contributed by atoms with Gasteiger partial charge in [0.05, 0.1) is 0 Å². The van der Waals surface area contributed by atoms with Gasteiger partial charge in [-0.2, -0.15) is 0 Å². The monoisotopic (exact) mass is 260 g/mol. The smallest absolute Gasteiger partial charge is 0.123 e. The average Bonchev–Trinajstić information content (AvgIpc) is 2.38. The average molecular weight is 260 g/mol. The molecule has 0 amide bonds. The molecule has 0 aliphatic heterocycles. The zero-order valence-corrected chi connectivity index (χ0v) is 10.9. The first-order valence-corrected chi connectivity index (χ1v) is 6.21. The molecule has 2 N–H and O–H groups in total. The highest BCUT2D eigenvalue weighted by atomic mass is 19.1. The first-order valence-electron chi connectivity index (χ1n) is 6.21. The number of hydrogen-bond donors (Lipinski definition) is 1. The van der Waals surface area contributed by atoms with Crippen LogP contribution in [0.5, 0.6) is 5.75 Å². The van der Waals surface area contributed by atoms with Crippen LogP contribution in [0.25, 0.3) is 0 Å². The topological polar surface area (TPSA) is 48.1 Å². The van der Waals surface area contributed by atoms with Crippen LogP contribution in [0.3, 0.4) is 0 Å². The molecule has 1 heterocycles. The van der Waals surface area contributed by atoms with E-state index in [-0.39, 0.29) is 5.82 Å². The van der Waals surface area contributed by atoms with E-state index in [2.05, 4.69) is 4.98 Å². The Morgan fingerprint density at radius 3 is 2.84 bits per heavy atom. The van der Waals surface area contributed by atoms with Crippen LogP contribution in [0, 0.1) is 12.7 Å². The highest BCUT2D eigenvalue weighted by Crippen LogP contribution is 2.21. The third kappa shape index (κ3) is 3.76. The molecule has 0 saturated heterocycles. The number of halogens is 1. The normalized spacial score (nSPS) is 10.5. The van der Waals surface area contributed by atoms with E-state index in [0.29, 0.717) is 25.3 Å². The van der Waals surface area contributed by atoms with Crippen molar-refractivity contribution in [1.82, 2.24) is 4.98 Å². The molecule has 0 atom stereocenters. The zero-order chi connectivity index (χ0) is 13.7. The van der Waals surface area contributed by atoms with Crippen molar-refractivity contribution in [2.24, 2.45) is 5.73 Å². The molecule has 1 aromatic carbocycles. The highest BCUT2D eigenvalue weighted by Gasteiger charge is 2.05. The molecule has 0 bridgehead atoms. The number of rotatable bonds is 5. The molecule has 100 valence electrons. The lowest BCUT2D eigenvalue weighted by Crippen LogP contribution is -2.06. The Hall–Kier alpha value is -1.94. The predicted molar refractivity (Wildman–Crippen MR) is 72.5 cm³/mol. The first kappa shape index (κ1) is 13.5. The molecule has 0 aliphatic rings. The van der Waals surface area contributed by atoms with E-state index in [1.54, 1.807) is 18.5 Å². The van der Waals surface area contributed by atoms with Crippen LogP contribution in [0.1, 0.15) is 16.7 Å². The van der Waals surface area contributed by atoms with Crippen molar-refractivity contribution in [2.75, 3.05) is 6.54 Å². The Labute approximate surface area is 112 Å². The number of nitrogens with two attached hydrogens (primary N) is 1. The summed E-state index contributed by atoms with van der Waals surface area (Å²) in [4.78, 5) is 4.11. The molecule has 4 heteroatoms. The van der Waals surface area contributed by atoms with E-state index in [1.807, 2.05) is 13.0 Å². The summed E-state index contributed by atoms with van der Waals surface area (Å²) in [6, 6.07) is 6.52. The van der Waals surface area contributed by atoms with Crippen LogP contribution in [0.4, 0.5) is 4.39 Å². The predicted octanol–water partition coefficient (Wildman–Crippen LogP) is 2.61. The number of pyridine rings is 1. The van der Waals surface area contributed by atoms with Crippen molar-refractivity contribution in [3.8, 4) is 5.75 Å². The van der Waals surface area contributed by atoms with Crippen molar-refractivity contribution in [3.63, 3.8) is 0 Å². The second-order valence-electron chi connectivity index (χ2n) is 4.45. The van der Waals surface area contributed by atoms with Gasteiger partial charge in [0.25, 0.3) is 0 Å². The van der Waals surface area contributed by atoms with Gasteiger partial charge >= 0.3 is 0 Å². The maximum atomic E-state index is 13.2. The summed E-state index contributed by atoms with van der Waals surface area (Å²) < 4.78 is 18.9. The molecule has 0 aliphatic carbocycles. The molecule has 19 heavy (non-hydrogen) atoms. The van der Waals surface area contributed by atoms with Gasteiger partial charge < -0.3 is 10.5 Å². The molecular formula is C15H17FN2O. The quantitative estimate of drug-likeness (QED) is 0.899. The van der Waals surface area contributed by atoms with Crippen molar-refractivity contribution >= 4 is 0 Å². The van der Waals surface area contributed by atoms with Gasteiger partial charge in [0.1, 0.15) is 18.2 Å². The summed E-state index contributed by atoms with van der Waals surface area (Å²) in [5, 5.41) is 0. The molecule has 1 aromatic heterocycles. The van der Waals surface area contributed by atoms with E-state index >= 15 is 0 Å². The van der Waals surface area contributed by atoms with Crippen molar-refractivity contribution in [1.29, 1.82) is 0 Å². The summed E-state index contributed by atoms with van der Waals surface area (Å²) in [7, 11) is 0. The zero-order valence-electron chi connectivity index (χ0n) is 10.9. The number of aromatic nitrogens is 1. The number of aryl methyl sites for hydroxylation is 1. The molecule has 3 nitrogen and oxygen atoms in total. The molecule has 0 radical (unpaired) electrons. The van der Waals surface area contributed by atoms with Crippen LogP contribution >= 0.6 is 0 Å². The lowest BCUT2D eigenvalue weighted by Gasteiger charge is -2.11. The lowest BCUT2D eigenvalue weighted by molar-refractivity contribution is 0.302. The largest absolute Gasteiger partial charge is 0.489 e. The third-order valence-corrected chi connectivity index (χ3v) is 2.76. The Morgan fingerprint density at radius 2 is 2.11 bits per heavy atom. The summed E-state index contributed by atoms with van der Waals surface area (Å²) in [5.41, 5.74) is 8.39. The molecular weight excluding hydrogens is 243 g/mol. The minimum atomic E-state index is -0.270. The van der Waals surface area contributed by atoms with Gasteiger partial charge in [-0.1, -0.05) is 0 Å². The second kappa shape index (κ2) is 6.29. The number of benzene rings is 1. The van der Waals surface area contributed by atoms with Gasteiger partial charge in [-0.05, 0) is 55.3 Å². The van der Waals surface area contributed by atoms with Crippen LogP contribution in [-0.2, 0) is 13.0 Å². The Morgan fingerprint density at radius 1 is 1.26 bits per heavy atom. The summed E-state index contributed by atoms with van der Waals surface area (Å²) in [6.45, 7) is 2.86. The Kier molecular flexibility index (Phi) is 4.47. The molecule has 2 rings (SSSR count). The van der Waals surface area contributed by atoms with Gasteiger partial charge in [-0.3, -0.25) is 4.98 Å². The van der Waals surface area contributed by atoms with Crippen LogP contribution < -0.4 is 10.5 Å². The van der Waals surface area contributed by atoms with Crippen molar-refractivity contribution in [3.05, 3.63) is 59.2 Å². The fraction of sp³-hybridized carbons (Fsp3) is 0.267. The van der Waals surface area contributed by atoms with E-state index in [4.69, 9.17) is 10.5 Å². The van der Waals surface area contributed by atoms with Crippen molar-refractivity contribution in [2.45, 2.75) is 20.0 Å². The maximum Gasteiger partial charge on any atom is 0.123 e. The van der Waals surface area contributed by atoms with Crippen LogP contribution in [0.15, 0.2) is 36.7 Å². The van der Waals surface area contributed by atoms with Crippen LogP contribution in [-0.4, -0.2) is 11.5 Å². The SMILES string of the molecule is Cc1cncc(COc2ccc(F)cc2CCN)c1. The van der Waals surface area contributed by atoms with Crippen molar-refractivity contribution < 1.29 is 9.13 Å². The first-order chi connectivity index (χ1) is 9.19. The molecule has 0 spiro atoms. The van der Waals surface area contributed by atoms with Crippen LogP contribution in [0.2, 0.25) is 0 Å². The summed E-state index contributed by atoms with van der Waals surface area (Å²) >= 11 is 0. The molecule has 0 unspecified atom stereocenters. The standard InChI is InChI=1S/C15H17FN2O/c1-11-6-12(9-18-8-11)10-19-15-3-2-14(16)7-13(15)4-5-17/h2-3,6-9H,4-5,10,17H2,1H3. The minimum absolute atomic E-state index is 0.270. The van der Waals surface area contributed by atoms with Gasteiger partial charge in [0.2, 0.25) is 0 Å². The number of ether oxygens (including phenoxy) is 1. The van der Waals surface area contributed by atoms with E-state index in [9.17, 15) is 4.39 Å². The van der Waals surface area contributed by atoms with E-state index in [1.165, 1.54) is 12.1 Å². The summed E-state index contributed by atoms with van der Waals surface area (Å²) in [5.74, 6) is 0.404. The van der Waals surface area contributed by atoms with E-state index in [0.717, 1.165) is 16.7 Å². The lowest BCUT2D eigenvalue weighted by atomic mass is 10.1. The minimum Gasteiger partial charge on any atom is -0.489 e. The Bertz CT molecular complexity index is 558. The fourth-order valence-electron chi connectivity index (χ4n) is 1.90. The third-order valence-electron chi connectivity index (χ3n) is 2.76. The van der Waals surface area contributed by atoms with Gasteiger partial charge in [-0.25, -0.2) is 4.39 Å². The number of nitrogens with zero attached hydrogens (tertiary/aromatic N) is 1. The second-order valence-corrected chi connectivity index (χ2v) is 4.45. The van der Waals surface area contributed by atoms with Gasteiger partial charge in [0, 0.05) is 18.0 Å². The highest BCUT2D eigenvalue weighted by molar-refractivity contribution is 5.34. The van der Waals surface area contributed by atoms with Gasteiger partial charge in [-0.15, -0.1) is 0 Å². The summed E-state index contributed by atoms with van der Waals surface area (Å²) in [6.07, 6.45) is 4.15. The molecule has 2 aromatic rings. The number of hydrogen-bond acceptors (Lipinski definition) is 3.